The molecule has 0 unspecified atom stereocenters. The lowest BCUT2D eigenvalue weighted by Gasteiger charge is -2.09. The maximum absolute atomic E-state index is 12.9. The molecule has 0 aliphatic heterocycles. The summed E-state index contributed by atoms with van der Waals surface area (Å²) in [4.78, 5) is 14.7. The Morgan fingerprint density at radius 1 is 1.50 bits per heavy atom. The Hall–Kier alpha value is -1.65. The molecule has 0 aliphatic carbocycles. The number of hydrogen-bond acceptors (Lipinski definition) is 3. The number of hydrogen-bond donors (Lipinski definition) is 2. The van der Waals surface area contributed by atoms with Crippen LogP contribution >= 0.6 is 0 Å². The first-order chi connectivity index (χ1) is 8.50. The lowest BCUT2D eigenvalue weighted by atomic mass is 10.1. The number of carboxylic acids is 1. The number of anilines is 1. The van der Waals surface area contributed by atoms with Gasteiger partial charge in [-0.15, -0.1) is 0 Å². The van der Waals surface area contributed by atoms with Crippen LogP contribution in [0.2, 0.25) is 0 Å². The van der Waals surface area contributed by atoms with Crippen molar-refractivity contribution in [2.24, 2.45) is 5.92 Å². The number of nitrogens with zero attached hydrogens (tertiary/aromatic N) is 1. The fraction of sp³-hybridized carbons (Fsp3) is 0.538. The van der Waals surface area contributed by atoms with Crippen molar-refractivity contribution >= 4 is 11.8 Å². The third-order valence-corrected chi connectivity index (χ3v) is 2.59. The number of rotatable bonds is 7. The van der Waals surface area contributed by atoms with Crippen molar-refractivity contribution in [2.75, 3.05) is 11.9 Å². The van der Waals surface area contributed by atoms with Crippen molar-refractivity contribution in [3.05, 3.63) is 23.6 Å². The molecule has 5 heteroatoms. The molecule has 0 saturated carbocycles. The summed E-state index contributed by atoms with van der Waals surface area (Å²) in [7, 11) is 0. The third-order valence-electron chi connectivity index (χ3n) is 2.59. The Balaban J connectivity index is 2.49. The first kappa shape index (κ1) is 14.4. The average Bonchev–Trinajstić information content (AvgIpc) is 2.29. The summed E-state index contributed by atoms with van der Waals surface area (Å²) in [5.74, 6) is -0.915. The topological polar surface area (TPSA) is 62.2 Å². The first-order valence-electron chi connectivity index (χ1n) is 6.13. The quantitative estimate of drug-likeness (QED) is 0.734. The van der Waals surface area contributed by atoms with Gasteiger partial charge in [0.1, 0.15) is 17.2 Å². The van der Waals surface area contributed by atoms with E-state index >= 15 is 0 Å². The van der Waals surface area contributed by atoms with Gasteiger partial charge < -0.3 is 10.4 Å². The minimum atomic E-state index is -1.17. The zero-order chi connectivity index (χ0) is 13.5. The summed E-state index contributed by atoms with van der Waals surface area (Å²) in [5.41, 5.74) is -0.126. The van der Waals surface area contributed by atoms with E-state index in [2.05, 4.69) is 24.1 Å². The van der Waals surface area contributed by atoms with Gasteiger partial charge in [-0.3, -0.25) is 0 Å². The van der Waals surface area contributed by atoms with E-state index in [1.165, 1.54) is 0 Å². The largest absolute Gasteiger partial charge is 0.478 e. The van der Waals surface area contributed by atoms with E-state index in [9.17, 15) is 9.18 Å². The Kier molecular flexibility index (Phi) is 5.55. The van der Waals surface area contributed by atoms with Crippen molar-refractivity contribution in [1.29, 1.82) is 0 Å². The van der Waals surface area contributed by atoms with E-state index in [1.54, 1.807) is 0 Å². The van der Waals surface area contributed by atoms with Crippen LogP contribution in [-0.2, 0) is 0 Å². The van der Waals surface area contributed by atoms with Gasteiger partial charge >= 0.3 is 5.97 Å². The Morgan fingerprint density at radius 2 is 2.22 bits per heavy atom. The molecule has 2 N–H and O–H groups in total. The van der Waals surface area contributed by atoms with Gasteiger partial charge in [-0.1, -0.05) is 26.7 Å². The summed E-state index contributed by atoms with van der Waals surface area (Å²) in [5, 5.41) is 11.9. The molecule has 4 nitrogen and oxygen atoms in total. The van der Waals surface area contributed by atoms with Gasteiger partial charge in [-0.2, -0.15) is 0 Å². The number of nitrogens with one attached hydrogen (secondary N) is 1. The molecule has 1 rings (SSSR count). The van der Waals surface area contributed by atoms with Gasteiger partial charge in [-0.25, -0.2) is 14.2 Å². The van der Waals surface area contributed by atoms with Crippen LogP contribution in [0.15, 0.2) is 12.3 Å². The number of aromatic nitrogens is 1. The molecule has 1 heterocycles. The van der Waals surface area contributed by atoms with Gasteiger partial charge in [0.2, 0.25) is 0 Å². The molecule has 0 amide bonds. The molecule has 1 aromatic rings. The van der Waals surface area contributed by atoms with E-state index in [0.29, 0.717) is 12.5 Å². The van der Waals surface area contributed by atoms with Crippen LogP contribution in [0.4, 0.5) is 10.2 Å². The van der Waals surface area contributed by atoms with E-state index in [-0.39, 0.29) is 11.4 Å². The van der Waals surface area contributed by atoms with Crippen LogP contribution in [0.1, 0.15) is 43.5 Å². The zero-order valence-electron chi connectivity index (χ0n) is 10.7. The zero-order valence-corrected chi connectivity index (χ0v) is 10.7. The second-order valence-corrected chi connectivity index (χ2v) is 4.67. The Labute approximate surface area is 106 Å². The molecule has 0 atom stereocenters. The highest BCUT2D eigenvalue weighted by Crippen LogP contribution is 2.14. The van der Waals surface area contributed by atoms with Crippen LogP contribution in [0, 0.1) is 11.7 Å². The van der Waals surface area contributed by atoms with E-state index in [4.69, 9.17) is 5.11 Å². The van der Waals surface area contributed by atoms with Crippen LogP contribution in [0.5, 0.6) is 0 Å². The van der Waals surface area contributed by atoms with Crippen molar-refractivity contribution in [3.63, 3.8) is 0 Å². The normalized spacial score (nSPS) is 10.7. The maximum atomic E-state index is 12.9. The van der Waals surface area contributed by atoms with Gasteiger partial charge in [0, 0.05) is 6.54 Å². The van der Waals surface area contributed by atoms with E-state index in [0.717, 1.165) is 31.5 Å². The second kappa shape index (κ2) is 6.93. The standard InChI is InChI=1S/C13H19FN2O2/c1-9(2)5-3-4-6-15-12-11(13(17)18)7-10(14)8-16-12/h7-9H,3-6H2,1-2H3,(H,15,16)(H,17,18). The van der Waals surface area contributed by atoms with Crippen molar-refractivity contribution < 1.29 is 14.3 Å². The highest BCUT2D eigenvalue weighted by molar-refractivity contribution is 5.93. The molecule has 0 spiro atoms. The molecule has 0 aromatic carbocycles. The summed E-state index contributed by atoms with van der Waals surface area (Å²) in [6, 6.07) is 0.978. The number of unbranched alkanes of at least 4 members (excludes halogenated alkanes) is 1. The summed E-state index contributed by atoms with van der Waals surface area (Å²) in [6.07, 6.45) is 4.18. The lowest BCUT2D eigenvalue weighted by Crippen LogP contribution is -2.10. The number of carbonyl (C=O) groups is 1. The maximum Gasteiger partial charge on any atom is 0.339 e. The SMILES string of the molecule is CC(C)CCCCNc1ncc(F)cc1C(=O)O. The fourth-order valence-electron chi connectivity index (χ4n) is 1.63. The van der Waals surface area contributed by atoms with Gasteiger partial charge in [0.25, 0.3) is 0 Å². The molecule has 0 radical (unpaired) electrons. The summed E-state index contributed by atoms with van der Waals surface area (Å²) in [6.45, 7) is 4.97. The lowest BCUT2D eigenvalue weighted by molar-refractivity contribution is 0.0697. The molecule has 0 fully saturated rings. The summed E-state index contributed by atoms with van der Waals surface area (Å²) < 4.78 is 12.9. The van der Waals surface area contributed by atoms with Gasteiger partial charge in [-0.05, 0) is 18.4 Å². The second-order valence-electron chi connectivity index (χ2n) is 4.67. The predicted octanol–water partition coefficient (Wildman–Crippen LogP) is 3.16. The number of carboxylic acid groups (broad SMARTS) is 1. The Morgan fingerprint density at radius 3 is 2.83 bits per heavy atom. The first-order valence-corrected chi connectivity index (χ1v) is 6.13. The highest BCUT2D eigenvalue weighted by Gasteiger charge is 2.12. The van der Waals surface area contributed by atoms with Crippen LogP contribution in [-0.4, -0.2) is 22.6 Å². The molecule has 0 aliphatic rings. The van der Waals surface area contributed by atoms with Gasteiger partial charge in [0.05, 0.1) is 6.20 Å². The number of pyridine rings is 1. The molecule has 1 aromatic heterocycles. The highest BCUT2D eigenvalue weighted by atomic mass is 19.1. The monoisotopic (exact) mass is 254 g/mol. The molecule has 0 saturated heterocycles. The molecular weight excluding hydrogens is 235 g/mol. The smallest absolute Gasteiger partial charge is 0.339 e. The average molecular weight is 254 g/mol. The van der Waals surface area contributed by atoms with Crippen molar-refractivity contribution in [2.45, 2.75) is 33.1 Å². The minimum absolute atomic E-state index is 0.126. The van der Waals surface area contributed by atoms with Crippen LogP contribution < -0.4 is 5.32 Å². The third kappa shape index (κ3) is 4.69. The van der Waals surface area contributed by atoms with Crippen LogP contribution in [0.3, 0.4) is 0 Å². The van der Waals surface area contributed by atoms with E-state index in [1.807, 2.05) is 0 Å². The minimum Gasteiger partial charge on any atom is -0.478 e. The Bertz CT molecular complexity index is 408. The molecular formula is C13H19FN2O2. The molecule has 18 heavy (non-hydrogen) atoms. The van der Waals surface area contributed by atoms with Gasteiger partial charge in [0.15, 0.2) is 0 Å². The summed E-state index contributed by atoms with van der Waals surface area (Å²) >= 11 is 0. The molecule has 0 bridgehead atoms. The number of halogens is 1. The molecule has 100 valence electrons. The fourth-order valence-corrected chi connectivity index (χ4v) is 1.63. The van der Waals surface area contributed by atoms with Crippen LogP contribution in [0.25, 0.3) is 0 Å². The van der Waals surface area contributed by atoms with Crippen molar-refractivity contribution in [1.82, 2.24) is 4.98 Å². The van der Waals surface area contributed by atoms with E-state index < -0.39 is 11.8 Å². The van der Waals surface area contributed by atoms with Crippen molar-refractivity contribution in [3.8, 4) is 0 Å². The predicted molar refractivity (Wildman–Crippen MR) is 68.3 cm³/mol. The number of aromatic carboxylic acids is 1.